The van der Waals surface area contributed by atoms with E-state index in [1.54, 1.807) is 0 Å². The summed E-state index contributed by atoms with van der Waals surface area (Å²) in [4.78, 5) is 4.53. The third-order valence-corrected chi connectivity index (χ3v) is 3.58. The van der Waals surface area contributed by atoms with Crippen LogP contribution >= 0.6 is 0 Å². The van der Waals surface area contributed by atoms with Crippen LogP contribution in [0, 0.1) is 6.92 Å². The van der Waals surface area contributed by atoms with Gasteiger partial charge in [0.05, 0.1) is 5.69 Å². The predicted octanol–water partition coefficient (Wildman–Crippen LogP) is 3.06. The molecule has 0 spiro atoms. The molecule has 1 aromatic heterocycles. The molecule has 0 atom stereocenters. The summed E-state index contributed by atoms with van der Waals surface area (Å²) in [5, 5.41) is 8.07. The molecule has 4 heteroatoms. The lowest BCUT2D eigenvalue weighted by molar-refractivity contribution is 0.750. The number of anilines is 1. The summed E-state index contributed by atoms with van der Waals surface area (Å²) in [6.45, 7) is 7.30. The largest absolute Gasteiger partial charge is 0.385 e. The maximum atomic E-state index is 4.61. The topological polar surface area (TPSA) is 42.7 Å². The number of hydrogen-bond donors (Lipinski definition) is 1. The van der Waals surface area contributed by atoms with Crippen molar-refractivity contribution in [3.8, 4) is 5.69 Å². The molecule has 0 amide bonds. The van der Waals surface area contributed by atoms with E-state index in [1.165, 1.54) is 17.7 Å². The van der Waals surface area contributed by atoms with Gasteiger partial charge in [-0.25, -0.2) is 9.67 Å². The van der Waals surface area contributed by atoms with Crippen LogP contribution in [0.1, 0.15) is 43.4 Å². The number of hydrogen-bond acceptors (Lipinski definition) is 3. The Bertz CT molecular complexity index is 598. The Morgan fingerprint density at radius 2 is 2.16 bits per heavy atom. The van der Waals surface area contributed by atoms with Gasteiger partial charge >= 0.3 is 0 Å². The first-order chi connectivity index (χ1) is 9.15. The summed E-state index contributed by atoms with van der Waals surface area (Å²) in [7, 11) is 0. The summed E-state index contributed by atoms with van der Waals surface area (Å²) < 4.78 is 1.94. The first-order valence-corrected chi connectivity index (χ1v) is 6.96. The Kier molecular flexibility index (Phi) is 3.01. The zero-order valence-corrected chi connectivity index (χ0v) is 11.8. The van der Waals surface area contributed by atoms with Crippen molar-refractivity contribution >= 4 is 5.69 Å². The van der Waals surface area contributed by atoms with E-state index in [9.17, 15) is 0 Å². The van der Waals surface area contributed by atoms with Gasteiger partial charge in [0.1, 0.15) is 5.82 Å². The van der Waals surface area contributed by atoms with Gasteiger partial charge in [-0.3, -0.25) is 0 Å². The molecule has 2 aromatic rings. The van der Waals surface area contributed by atoms with Crippen LogP contribution in [-0.4, -0.2) is 21.3 Å². The normalized spacial score (nSPS) is 14.3. The third-order valence-electron chi connectivity index (χ3n) is 3.58. The zero-order chi connectivity index (χ0) is 13.4. The summed E-state index contributed by atoms with van der Waals surface area (Å²) >= 11 is 0. The van der Waals surface area contributed by atoms with Crippen molar-refractivity contribution in [1.29, 1.82) is 0 Å². The van der Waals surface area contributed by atoms with Crippen LogP contribution < -0.4 is 5.32 Å². The number of rotatable bonds is 2. The van der Waals surface area contributed by atoms with Crippen LogP contribution in [0.15, 0.2) is 18.2 Å². The van der Waals surface area contributed by atoms with E-state index in [4.69, 9.17) is 0 Å². The maximum absolute atomic E-state index is 4.61. The number of aryl methyl sites for hydroxylation is 2. The third kappa shape index (κ3) is 2.23. The van der Waals surface area contributed by atoms with Crippen LogP contribution in [0.3, 0.4) is 0 Å². The summed E-state index contributed by atoms with van der Waals surface area (Å²) in [6.07, 6.45) is 2.38. The fourth-order valence-corrected chi connectivity index (χ4v) is 2.48. The molecule has 1 aliphatic rings. The molecule has 0 bridgehead atoms. The predicted molar refractivity (Wildman–Crippen MR) is 77.0 cm³/mol. The van der Waals surface area contributed by atoms with Gasteiger partial charge in [-0.05, 0) is 37.5 Å². The monoisotopic (exact) mass is 256 g/mol. The maximum Gasteiger partial charge on any atom is 0.153 e. The molecule has 0 aliphatic carbocycles. The number of nitrogens with zero attached hydrogens (tertiary/aromatic N) is 3. The van der Waals surface area contributed by atoms with Crippen LogP contribution in [0.25, 0.3) is 5.69 Å². The van der Waals surface area contributed by atoms with Crippen molar-refractivity contribution in [2.45, 2.75) is 39.5 Å². The van der Waals surface area contributed by atoms with Gasteiger partial charge in [0.2, 0.25) is 0 Å². The van der Waals surface area contributed by atoms with E-state index in [0.717, 1.165) is 30.3 Å². The Hall–Kier alpha value is -1.84. The van der Waals surface area contributed by atoms with Crippen molar-refractivity contribution < 1.29 is 0 Å². The van der Waals surface area contributed by atoms with Crippen molar-refractivity contribution in [3.63, 3.8) is 0 Å². The minimum Gasteiger partial charge on any atom is -0.385 e. The van der Waals surface area contributed by atoms with Crippen LogP contribution in [-0.2, 0) is 6.42 Å². The number of fused-ring (bicyclic) bond motifs is 1. The SMILES string of the molecule is Cc1nc(C(C)C)nn1-c1ccc2c(c1)NCCC2. The highest BCUT2D eigenvalue weighted by molar-refractivity contribution is 5.58. The lowest BCUT2D eigenvalue weighted by Gasteiger charge is -2.18. The molecular formula is C15H20N4. The minimum atomic E-state index is 0.357. The van der Waals surface area contributed by atoms with Gasteiger partial charge in [-0.1, -0.05) is 19.9 Å². The zero-order valence-electron chi connectivity index (χ0n) is 11.8. The lowest BCUT2D eigenvalue weighted by atomic mass is 10.0. The van der Waals surface area contributed by atoms with E-state index < -0.39 is 0 Å². The van der Waals surface area contributed by atoms with E-state index in [1.807, 2.05) is 11.6 Å². The second-order valence-corrected chi connectivity index (χ2v) is 5.46. The van der Waals surface area contributed by atoms with E-state index in [2.05, 4.69) is 47.4 Å². The molecule has 0 fully saturated rings. The van der Waals surface area contributed by atoms with E-state index >= 15 is 0 Å². The molecule has 100 valence electrons. The van der Waals surface area contributed by atoms with Gasteiger partial charge in [-0.2, -0.15) is 5.10 Å². The second kappa shape index (κ2) is 4.68. The summed E-state index contributed by atoms with van der Waals surface area (Å²) in [5.41, 5.74) is 3.73. The molecular weight excluding hydrogens is 236 g/mol. The average Bonchev–Trinajstić information content (AvgIpc) is 2.80. The Balaban J connectivity index is 2.02. The van der Waals surface area contributed by atoms with Crippen molar-refractivity contribution in [2.24, 2.45) is 0 Å². The van der Waals surface area contributed by atoms with E-state index in [0.29, 0.717) is 5.92 Å². The summed E-state index contributed by atoms with van der Waals surface area (Å²) in [6, 6.07) is 6.52. The fraction of sp³-hybridized carbons (Fsp3) is 0.467. The Morgan fingerprint density at radius 1 is 1.32 bits per heavy atom. The molecule has 3 rings (SSSR count). The van der Waals surface area contributed by atoms with Crippen LogP contribution in [0.5, 0.6) is 0 Å². The molecule has 0 radical (unpaired) electrons. The molecule has 0 saturated heterocycles. The van der Waals surface area contributed by atoms with Gasteiger partial charge in [0, 0.05) is 18.2 Å². The Morgan fingerprint density at radius 3 is 2.89 bits per heavy atom. The average molecular weight is 256 g/mol. The standard InChI is InChI=1S/C15H20N4/c1-10(2)15-17-11(3)19(18-15)13-7-6-12-5-4-8-16-14(12)9-13/h6-7,9-10,16H,4-5,8H2,1-3H3. The first-order valence-electron chi connectivity index (χ1n) is 6.96. The van der Waals surface area contributed by atoms with Crippen molar-refractivity contribution in [2.75, 3.05) is 11.9 Å². The van der Waals surface area contributed by atoms with Crippen LogP contribution in [0.4, 0.5) is 5.69 Å². The quantitative estimate of drug-likeness (QED) is 0.898. The molecule has 2 heterocycles. The van der Waals surface area contributed by atoms with Gasteiger partial charge in [0.15, 0.2) is 5.82 Å². The fourth-order valence-electron chi connectivity index (χ4n) is 2.48. The highest BCUT2D eigenvalue weighted by Gasteiger charge is 2.13. The lowest BCUT2D eigenvalue weighted by Crippen LogP contribution is -2.12. The van der Waals surface area contributed by atoms with Gasteiger partial charge in [0.25, 0.3) is 0 Å². The molecule has 1 aromatic carbocycles. The minimum absolute atomic E-state index is 0.357. The Labute approximate surface area is 113 Å². The van der Waals surface area contributed by atoms with E-state index in [-0.39, 0.29) is 0 Å². The smallest absolute Gasteiger partial charge is 0.153 e. The number of nitrogens with one attached hydrogen (secondary N) is 1. The molecule has 4 nitrogen and oxygen atoms in total. The number of benzene rings is 1. The van der Waals surface area contributed by atoms with Crippen molar-refractivity contribution in [3.05, 3.63) is 35.4 Å². The molecule has 1 aliphatic heterocycles. The molecule has 1 N–H and O–H groups in total. The highest BCUT2D eigenvalue weighted by atomic mass is 15.3. The highest BCUT2D eigenvalue weighted by Crippen LogP contribution is 2.25. The second-order valence-electron chi connectivity index (χ2n) is 5.46. The molecule has 0 saturated carbocycles. The van der Waals surface area contributed by atoms with Gasteiger partial charge < -0.3 is 5.32 Å². The molecule has 19 heavy (non-hydrogen) atoms. The first kappa shape index (κ1) is 12.2. The molecule has 0 unspecified atom stereocenters. The van der Waals surface area contributed by atoms with Crippen molar-refractivity contribution in [1.82, 2.24) is 14.8 Å². The van der Waals surface area contributed by atoms with Crippen LogP contribution in [0.2, 0.25) is 0 Å². The van der Waals surface area contributed by atoms with Gasteiger partial charge in [-0.15, -0.1) is 0 Å². The number of aromatic nitrogens is 3. The summed E-state index contributed by atoms with van der Waals surface area (Å²) in [5.74, 6) is 2.21.